The van der Waals surface area contributed by atoms with E-state index in [-0.39, 0.29) is 19.8 Å². The molecular weight excluding hydrogens is 708 g/mol. The Labute approximate surface area is 320 Å². The molecule has 0 spiro atoms. The summed E-state index contributed by atoms with van der Waals surface area (Å²) in [6, 6.07) is 41.4. The minimum atomic E-state index is -2.37. The molecule has 0 amide bonds. The van der Waals surface area contributed by atoms with Crippen LogP contribution in [0.1, 0.15) is 40.3 Å². The first-order valence-electron chi connectivity index (χ1n) is 17.9. The van der Waals surface area contributed by atoms with Gasteiger partial charge < -0.3 is 38.6 Å². The molecule has 282 valence electrons. The molecule has 1 aliphatic rings. The second-order valence-electron chi connectivity index (χ2n) is 13.1. The van der Waals surface area contributed by atoms with Gasteiger partial charge in [0.2, 0.25) is 11.4 Å². The molecule has 5 aromatic rings. The smallest absolute Gasteiger partial charge is 0.341 e. The lowest BCUT2D eigenvalue weighted by Gasteiger charge is -2.55. The average Bonchev–Trinajstić information content (AvgIpc) is 3.21. The summed E-state index contributed by atoms with van der Waals surface area (Å²) in [7, 11) is 1.42. The molecule has 0 bridgehead atoms. The largest absolute Gasteiger partial charge is 0.494 e. The fraction of sp³-hybridized carbons (Fsp3) is 0.295. The summed E-state index contributed by atoms with van der Waals surface area (Å²) in [5.41, 5.74) is 2.24. The maximum atomic E-state index is 13.6. The van der Waals surface area contributed by atoms with Crippen LogP contribution in [0.15, 0.2) is 133 Å². The van der Waals surface area contributed by atoms with Crippen molar-refractivity contribution in [3.63, 3.8) is 0 Å². The molecule has 0 unspecified atom stereocenters. The first kappa shape index (κ1) is 39.1. The van der Waals surface area contributed by atoms with E-state index in [1.54, 1.807) is 12.1 Å². The van der Waals surface area contributed by atoms with E-state index in [2.05, 4.69) is 0 Å². The Bertz CT molecular complexity index is 1930. The zero-order valence-electron chi connectivity index (χ0n) is 30.3. The maximum absolute atomic E-state index is 13.6. The molecule has 2 N–H and O–H groups in total. The van der Waals surface area contributed by atoms with E-state index < -0.39 is 42.3 Å². The SMILES string of the molecule is CCOc1ccc(Cc2cc([C@]3(OC)O[C@@](CO)(C(=O)O)[C@@H](OCc4ccccc4)[C@H](OCc4ccccc4)[C@H]3OCc3ccccc3)ccc2Cl)cc1. The van der Waals surface area contributed by atoms with E-state index in [0.717, 1.165) is 33.6 Å². The van der Waals surface area contributed by atoms with E-state index in [9.17, 15) is 15.0 Å². The lowest BCUT2D eigenvalue weighted by molar-refractivity contribution is -0.406. The fourth-order valence-electron chi connectivity index (χ4n) is 6.79. The topological polar surface area (TPSA) is 113 Å². The zero-order chi connectivity index (χ0) is 38.0. The molecule has 6 rings (SSSR count). The molecule has 0 aliphatic carbocycles. The number of carboxylic acids is 1. The monoisotopic (exact) mass is 752 g/mol. The van der Waals surface area contributed by atoms with Crippen LogP contribution in [0.5, 0.6) is 5.75 Å². The number of carbonyl (C=O) groups is 1. The first-order chi connectivity index (χ1) is 26.3. The van der Waals surface area contributed by atoms with Crippen molar-refractivity contribution in [2.75, 3.05) is 20.3 Å². The summed E-state index contributed by atoms with van der Waals surface area (Å²) >= 11 is 6.82. The van der Waals surface area contributed by atoms with Gasteiger partial charge in [-0.25, -0.2) is 4.79 Å². The molecule has 54 heavy (non-hydrogen) atoms. The van der Waals surface area contributed by atoms with E-state index in [4.69, 9.17) is 40.0 Å². The van der Waals surface area contributed by atoms with Gasteiger partial charge in [-0.1, -0.05) is 121 Å². The van der Waals surface area contributed by atoms with Crippen LogP contribution in [-0.4, -0.2) is 60.4 Å². The highest BCUT2D eigenvalue weighted by Gasteiger charge is 2.67. The lowest BCUT2D eigenvalue weighted by Crippen LogP contribution is -2.74. The molecule has 0 radical (unpaired) electrons. The number of aliphatic hydroxyl groups excluding tert-OH is 1. The van der Waals surface area contributed by atoms with Crippen molar-refractivity contribution in [1.29, 1.82) is 0 Å². The Hall–Kier alpha value is -4.58. The van der Waals surface area contributed by atoms with Crippen LogP contribution < -0.4 is 4.74 Å². The number of aliphatic hydroxyl groups is 1. The van der Waals surface area contributed by atoms with Crippen molar-refractivity contribution in [3.05, 3.63) is 172 Å². The Morgan fingerprint density at radius 1 is 0.722 bits per heavy atom. The summed E-state index contributed by atoms with van der Waals surface area (Å²) in [5.74, 6) is -2.64. The van der Waals surface area contributed by atoms with Gasteiger partial charge in [-0.2, -0.15) is 0 Å². The normalized spacial score (nSPS) is 22.5. The van der Waals surface area contributed by atoms with Crippen molar-refractivity contribution in [3.8, 4) is 5.75 Å². The van der Waals surface area contributed by atoms with Gasteiger partial charge in [0.1, 0.15) is 24.1 Å². The average molecular weight is 753 g/mol. The van der Waals surface area contributed by atoms with E-state index in [1.807, 2.05) is 128 Å². The Balaban J connectivity index is 1.48. The van der Waals surface area contributed by atoms with Crippen molar-refractivity contribution >= 4 is 17.6 Å². The summed E-state index contributed by atoms with van der Waals surface area (Å²) < 4.78 is 38.7. The third-order valence-electron chi connectivity index (χ3n) is 9.57. The van der Waals surface area contributed by atoms with E-state index in [1.165, 1.54) is 7.11 Å². The molecule has 5 aromatic carbocycles. The number of halogens is 1. The number of hydrogen-bond donors (Lipinski definition) is 2. The van der Waals surface area contributed by atoms with Gasteiger partial charge in [-0.15, -0.1) is 0 Å². The van der Waals surface area contributed by atoms with Gasteiger partial charge in [0.15, 0.2) is 0 Å². The van der Waals surface area contributed by atoms with Crippen LogP contribution >= 0.6 is 11.6 Å². The molecule has 1 heterocycles. The molecule has 5 atom stereocenters. The van der Waals surface area contributed by atoms with Crippen molar-refractivity contribution < 1.29 is 43.4 Å². The van der Waals surface area contributed by atoms with Crippen LogP contribution in [-0.2, 0) is 60.5 Å². The van der Waals surface area contributed by atoms with Gasteiger partial charge in [0.05, 0.1) is 33.0 Å². The minimum absolute atomic E-state index is 0.00760. The predicted octanol–water partition coefficient (Wildman–Crippen LogP) is 7.73. The second kappa shape index (κ2) is 18.2. The quantitative estimate of drug-likeness (QED) is 0.0986. The standard InChI is InChI=1S/C44H45ClO9/c1-3-50-37-22-19-31(20-23-37)25-35-26-36(21-24-38(35)45)44(49-2)41(53-29-34-17-11-6-12-18-34)39(51-27-32-13-7-4-8-14-32)40(43(30-46,54-44)42(47)48)52-28-33-15-9-5-10-16-33/h4-24,26,39-41,46H,3,25,27-30H2,1-2H3,(H,47,48)/t39-,40-,41+,43+,44-/m0/s1. The Kier molecular flexibility index (Phi) is 13.2. The number of ether oxygens (including phenoxy) is 6. The van der Waals surface area contributed by atoms with Gasteiger partial charge in [0, 0.05) is 17.7 Å². The Morgan fingerprint density at radius 2 is 1.26 bits per heavy atom. The maximum Gasteiger partial charge on any atom is 0.341 e. The second-order valence-corrected chi connectivity index (χ2v) is 13.5. The third-order valence-corrected chi connectivity index (χ3v) is 9.94. The van der Waals surface area contributed by atoms with Crippen molar-refractivity contribution in [1.82, 2.24) is 0 Å². The Morgan fingerprint density at radius 3 is 1.76 bits per heavy atom. The lowest BCUT2D eigenvalue weighted by atomic mass is 9.80. The van der Waals surface area contributed by atoms with Crippen molar-refractivity contribution in [2.45, 2.75) is 62.9 Å². The molecule has 10 heteroatoms. The van der Waals surface area contributed by atoms with Crippen LogP contribution in [0, 0.1) is 0 Å². The fourth-order valence-corrected chi connectivity index (χ4v) is 6.98. The van der Waals surface area contributed by atoms with Crippen LogP contribution in [0.3, 0.4) is 0 Å². The number of benzene rings is 5. The molecule has 1 saturated heterocycles. The molecule has 1 aliphatic heterocycles. The van der Waals surface area contributed by atoms with Crippen LogP contribution in [0.2, 0.25) is 5.02 Å². The number of carboxylic acid groups (broad SMARTS) is 1. The highest BCUT2D eigenvalue weighted by atomic mass is 35.5. The summed E-state index contributed by atoms with van der Waals surface area (Å²) in [5, 5.41) is 22.7. The number of hydrogen-bond acceptors (Lipinski definition) is 8. The van der Waals surface area contributed by atoms with Gasteiger partial charge in [0.25, 0.3) is 0 Å². The van der Waals surface area contributed by atoms with Crippen LogP contribution in [0.25, 0.3) is 0 Å². The molecule has 0 saturated carbocycles. The summed E-state index contributed by atoms with van der Waals surface area (Å²) in [6.45, 7) is 1.71. The highest BCUT2D eigenvalue weighted by molar-refractivity contribution is 6.31. The summed E-state index contributed by atoms with van der Waals surface area (Å²) in [6.07, 6.45) is -3.22. The number of aliphatic carboxylic acids is 1. The van der Waals surface area contributed by atoms with Gasteiger partial charge >= 0.3 is 5.97 Å². The van der Waals surface area contributed by atoms with E-state index >= 15 is 0 Å². The molecular formula is C44H45ClO9. The zero-order valence-corrected chi connectivity index (χ0v) is 31.1. The van der Waals surface area contributed by atoms with E-state index in [0.29, 0.717) is 23.6 Å². The molecule has 9 nitrogen and oxygen atoms in total. The summed E-state index contributed by atoms with van der Waals surface area (Å²) in [4.78, 5) is 13.6. The molecule has 1 fully saturated rings. The number of rotatable bonds is 17. The van der Waals surface area contributed by atoms with Gasteiger partial charge in [-0.05, 0) is 65.4 Å². The van der Waals surface area contributed by atoms with Crippen LogP contribution in [0.4, 0.5) is 0 Å². The first-order valence-corrected chi connectivity index (χ1v) is 18.3. The minimum Gasteiger partial charge on any atom is -0.494 e. The number of methoxy groups -OCH3 is 1. The highest BCUT2D eigenvalue weighted by Crippen LogP contribution is 2.48. The predicted molar refractivity (Wildman–Crippen MR) is 204 cm³/mol. The van der Waals surface area contributed by atoms with Crippen molar-refractivity contribution in [2.24, 2.45) is 0 Å². The van der Waals surface area contributed by atoms with Gasteiger partial charge in [-0.3, -0.25) is 0 Å². The molecule has 0 aromatic heterocycles. The third kappa shape index (κ3) is 8.69.